The van der Waals surface area contributed by atoms with Gasteiger partial charge in [-0.15, -0.1) is 0 Å². The normalized spacial score (nSPS) is 23.6. The highest BCUT2D eigenvalue weighted by Gasteiger charge is 2.20. The highest BCUT2D eigenvalue weighted by molar-refractivity contribution is 5.33. The first-order valence-corrected chi connectivity index (χ1v) is 6.63. The van der Waals surface area contributed by atoms with Crippen LogP contribution in [0.25, 0.3) is 0 Å². The molecule has 2 rings (SSSR count). The molecule has 106 valence electrons. The fraction of sp³-hybridized carbons (Fsp3) is 0.571. The molecule has 0 aromatic heterocycles. The van der Waals surface area contributed by atoms with E-state index in [-0.39, 0.29) is 5.75 Å². The number of nitrogens with one attached hydrogen (secondary N) is 2. The van der Waals surface area contributed by atoms with Crippen LogP contribution in [0.15, 0.2) is 24.3 Å². The van der Waals surface area contributed by atoms with Gasteiger partial charge in [0.15, 0.2) is 0 Å². The lowest BCUT2D eigenvalue weighted by Gasteiger charge is -2.30. The van der Waals surface area contributed by atoms with Crippen LogP contribution < -0.4 is 15.4 Å². The number of ether oxygens (including phenoxy) is 1. The molecule has 0 aliphatic carbocycles. The first-order valence-electron chi connectivity index (χ1n) is 6.63. The van der Waals surface area contributed by atoms with Gasteiger partial charge in [-0.1, -0.05) is 25.1 Å². The maximum Gasteiger partial charge on any atom is 0.387 e. The highest BCUT2D eigenvalue weighted by Crippen LogP contribution is 2.21. The molecule has 1 aliphatic rings. The van der Waals surface area contributed by atoms with Crippen LogP contribution in [0.1, 0.15) is 18.9 Å². The zero-order valence-corrected chi connectivity index (χ0v) is 11.0. The fourth-order valence-electron chi connectivity index (χ4n) is 2.42. The molecule has 2 N–H and O–H groups in total. The predicted octanol–water partition coefficient (Wildman–Crippen LogP) is 2.38. The van der Waals surface area contributed by atoms with Gasteiger partial charge in [0.2, 0.25) is 0 Å². The van der Waals surface area contributed by atoms with E-state index in [9.17, 15) is 8.78 Å². The van der Waals surface area contributed by atoms with Gasteiger partial charge in [0.05, 0.1) is 0 Å². The maximum atomic E-state index is 12.3. The number of piperidine rings is 1. The van der Waals surface area contributed by atoms with Crippen molar-refractivity contribution in [2.24, 2.45) is 5.92 Å². The van der Waals surface area contributed by atoms with Gasteiger partial charge in [-0.2, -0.15) is 8.78 Å². The van der Waals surface area contributed by atoms with Gasteiger partial charge in [-0.25, -0.2) is 0 Å². The van der Waals surface area contributed by atoms with Crippen LogP contribution in [0.5, 0.6) is 5.75 Å². The maximum absolute atomic E-state index is 12.3. The van der Waals surface area contributed by atoms with Crippen molar-refractivity contribution < 1.29 is 13.5 Å². The number of benzene rings is 1. The smallest absolute Gasteiger partial charge is 0.387 e. The summed E-state index contributed by atoms with van der Waals surface area (Å²) in [7, 11) is 0. The molecule has 0 spiro atoms. The highest BCUT2D eigenvalue weighted by atomic mass is 19.3. The molecule has 0 amide bonds. The van der Waals surface area contributed by atoms with Gasteiger partial charge in [-0.3, -0.25) is 0 Å². The molecule has 0 bridgehead atoms. The zero-order valence-electron chi connectivity index (χ0n) is 11.0. The average Bonchev–Trinajstić information content (AvgIpc) is 2.39. The quantitative estimate of drug-likeness (QED) is 0.862. The summed E-state index contributed by atoms with van der Waals surface area (Å²) < 4.78 is 29.1. The summed E-state index contributed by atoms with van der Waals surface area (Å²) in [5, 5.41) is 6.77. The Morgan fingerprint density at radius 1 is 1.42 bits per heavy atom. The van der Waals surface area contributed by atoms with Crippen molar-refractivity contribution in [1.29, 1.82) is 0 Å². The molecule has 2 atom stereocenters. The van der Waals surface area contributed by atoms with Crippen molar-refractivity contribution in [3.8, 4) is 5.75 Å². The van der Waals surface area contributed by atoms with Gasteiger partial charge in [0.25, 0.3) is 0 Å². The van der Waals surface area contributed by atoms with Gasteiger partial charge < -0.3 is 15.4 Å². The minimum Gasteiger partial charge on any atom is -0.434 e. The fourth-order valence-corrected chi connectivity index (χ4v) is 2.42. The van der Waals surface area contributed by atoms with Crippen molar-refractivity contribution >= 4 is 0 Å². The Morgan fingerprint density at radius 3 is 2.95 bits per heavy atom. The van der Waals surface area contributed by atoms with E-state index in [2.05, 4.69) is 22.3 Å². The number of alkyl halides is 2. The zero-order chi connectivity index (χ0) is 13.7. The topological polar surface area (TPSA) is 33.3 Å². The van der Waals surface area contributed by atoms with E-state index in [0.717, 1.165) is 25.1 Å². The van der Waals surface area contributed by atoms with Crippen LogP contribution in [-0.2, 0) is 6.54 Å². The van der Waals surface area contributed by atoms with Crippen LogP contribution in [0.4, 0.5) is 8.78 Å². The van der Waals surface area contributed by atoms with Crippen LogP contribution in [0, 0.1) is 5.92 Å². The van der Waals surface area contributed by atoms with Crippen molar-refractivity contribution in [3.63, 3.8) is 0 Å². The number of hydrogen-bond acceptors (Lipinski definition) is 3. The molecule has 1 aliphatic heterocycles. The lowest BCUT2D eigenvalue weighted by atomic mass is 9.95. The second-order valence-electron chi connectivity index (χ2n) is 4.94. The number of rotatable bonds is 5. The minimum atomic E-state index is -2.78. The molecule has 1 aromatic rings. The summed E-state index contributed by atoms with van der Waals surface area (Å²) in [4.78, 5) is 0. The van der Waals surface area contributed by atoms with Gasteiger partial charge in [0, 0.05) is 18.2 Å². The summed E-state index contributed by atoms with van der Waals surface area (Å²) in [5.41, 5.74) is 0.772. The van der Waals surface area contributed by atoms with Gasteiger partial charge >= 0.3 is 6.61 Å². The van der Waals surface area contributed by atoms with E-state index >= 15 is 0 Å². The third-order valence-electron chi connectivity index (χ3n) is 3.53. The summed E-state index contributed by atoms with van der Waals surface area (Å²) in [6.07, 6.45) is 1.05. The van der Waals surface area contributed by atoms with Crippen molar-refractivity contribution in [1.82, 2.24) is 10.6 Å². The van der Waals surface area contributed by atoms with Gasteiger partial charge in [0.1, 0.15) is 5.75 Å². The molecule has 1 fully saturated rings. The Morgan fingerprint density at radius 2 is 2.21 bits per heavy atom. The molecule has 0 saturated carbocycles. The second kappa shape index (κ2) is 6.82. The van der Waals surface area contributed by atoms with Crippen LogP contribution >= 0.6 is 0 Å². The molecular formula is C14H20F2N2O. The summed E-state index contributed by atoms with van der Waals surface area (Å²) in [6.45, 7) is 1.95. The molecule has 1 aromatic carbocycles. The van der Waals surface area contributed by atoms with Crippen molar-refractivity contribution in [2.75, 3.05) is 13.1 Å². The van der Waals surface area contributed by atoms with E-state index in [1.807, 2.05) is 12.1 Å². The number of para-hydroxylation sites is 1. The average molecular weight is 270 g/mol. The molecule has 1 saturated heterocycles. The Kier molecular flexibility index (Phi) is 5.10. The largest absolute Gasteiger partial charge is 0.434 e. The van der Waals surface area contributed by atoms with Crippen LogP contribution in [-0.4, -0.2) is 25.7 Å². The Labute approximate surface area is 112 Å². The van der Waals surface area contributed by atoms with Crippen LogP contribution in [0.2, 0.25) is 0 Å². The first kappa shape index (κ1) is 14.2. The number of hydrogen-bond donors (Lipinski definition) is 2. The van der Waals surface area contributed by atoms with Gasteiger partial charge in [-0.05, 0) is 31.5 Å². The van der Waals surface area contributed by atoms with E-state index < -0.39 is 6.61 Å². The molecule has 1 heterocycles. The lowest BCUT2D eigenvalue weighted by molar-refractivity contribution is -0.0505. The first-order chi connectivity index (χ1) is 9.16. The molecule has 5 heteroatoms. The molecular weight excluding hydrogens is 250 g/mol. The monoisotopic (exact) mass is 270 g/mol. The van der Waals surface area contributed by atoms with Crippen molar-refractivity contribution in [2.45, 2.75) is 32.5 Å². The summed E-state index contributed by atoms with van der Waals surface area (Å²) in [5.74, 6) is 0.795. The molecule has 3 nitrogen and oxygen atoms in total. The molecule has 19 heavy (non-hydrogen) atoms. The van der Waals surface area contributed by atoms with Crippen LogP contribution in [0.3, 0.4) is 0 Å². The lowest BCUT2D eigenvalue weighted by Crippen LogP contribution is -2.46. The summed E-state index contributed by atoms with van der Waals surface area (Å²) in [6, 6.07) is 7.35. The third-order valence-corrected chi connectivity index (χ3v) is 3.53. The Balaban J connectivity index is 1.94. The second-order valence-corrected chi connectivity index (χ2v) is 4.94. The SMILES string of the molecule is CC1CNCCC1NCc1ccccc1OC(F)F. The standard InChI is InChI=1S/C14H20F2N2O/c1-10-8-17-7-6-12(10)18-9-11-4-2-3-5-13(11)19-14(15)16/h2-5,10,12,14,17-18H,6-9H2,1H3. The Bertz CT molecular complexity index is 401. The minimum absolute atomic E-state index is 0.256. The van der Waals surface area contributed by atoms with E-state index in [1.165, 1.54) is 0 Å². The van der Waals surface area contributed by atoms with E-state index in [1.54, 1.807) is 12.1 Å². The predicted molar refractivity (Wildman–Crippen MR) is 70.4 cm³/mol. The molecule has 2 unspecified atom stereocenters. The van der Waals surface area contributed by atoms with E-state index in [0.29, 0.717) is 18.5 Å². The van der Waals surface area contributed by atoms with E-state index in [4.69, 9.17) is 0 Å². The van der Waals surface area contributed by atoms with Crippen molar-refractivity contribution in [3.05, 3.63) is 29.8 Å². The number of halogens is 2. The third kappa shape index (κ3) is 4.14. The molecule has 0 radical (unpaired) electrons. The Hall–Kier alpha value is -1.20. The summed E-state index contributed by atoms with van der Waals surface area (Å²) >= 11 is 0.